The fourth-order valence-electron chi connectivity index (χ4n) is 6.93. The third kappa shape index (κ3) is 4.18. The van der Waals surface area contributed by atoms with Gasteiger partial charge in [0.25, 0.3) is 0 Å². The number of imidazole rings is 1. The summed E-state index contributed by atoms with van der Waals surface area (Å²) in [5, 5.41) is 8.25. The molecule has 0 radical (unpaired) electrons. The summed E-state index contributed by atoms with van der Waals surface area (Å²) in [5.41, 5.74) is 3.41. The lowest BCUT2D eigenvalue weighted by atomic mass is 9.62. The SMILES string of the molecule is NS(=O)(=O)c1ccc(CNC(=O)C23CCCC(C(=O)CC4c5ccccc5-c5cncn54)(CC2)CC3)cc1. The standard InChI is InChI=1S/C29H32N4O4S/c30-38(36,37)21-8-6-20(7-9-21)17-32-27(35)29-11-3-10-28(12-14-29,13-15-29)26(34)16-24-22-4-1-2-5-23(22)25-18-31-19-33(24)25/h1-2,4-9,18-19,24H,3,10-17H2,(H,32,35)(H2,30,36,37). The van der Waals surface area contributed by atoms with Gasteiger partial charge in [0.15, 0.2) is 0 Å². The summed E-state index contributed by atoms with van der Waals surface area (Å²) in [5.74, 6) is 0.341. The molecule has 8 nitrogen and oxygen atoms in total. The molecule has 3 N–H and O–H groups in total. The minimum absolute atomic E-state index is 0.0237. The van der Waals surface area contributed by atoms with Crippen LogP contribution in [-0.4, -0.2) is 29.7 Å². The smallest absolute Gasteiger partial charge is 0.238 e. The van der Waals surface area contributed by atoms with Crippen molar-refractivity contribution in [1.82, 2.24) is 14.9 Å². The van der Waals surface area contributed by atoms with Crippen molar-refractivity contribution in [3.05, 3.63) is 72.2 Å². The normalized spacial score (nSPS) is 25.9. The molecule has 3 aromatic rings. The summed E-state index contributed by atoms with van der Waals surface area (Å²) in [6, 6.07) is 14.5. The number of ketones is 1. The molecule has 0 saturated heterocycles. The Morgan fingerprint density at radius 3 is 2.39 bits per heavy atom. The van der Waals surface area contributed by atoms with Crippen molar-refractivity contribution in [2.24, 2.45) is 16.0 Å². The monoisotopic (exact) mass is 532 g/mol. The first-order valence-corrected chi connectivity index (χ1v) is 14.8. The molecular formula is C29H32N4O4S. The van der Waals surface area contributed by atoms with Crippen molar-refractivity contribution >= 4 is 21.7 Å². The largest absolute Gasteiger partial charge is 0.352 e. The third-order valence-electron chi connectivity index (χ3n) is 9.23. The Morgan fingerprint density at radius 2 is 1.66 bits per heavy atom. The van der Waals surface area contributed by atoms with Crippen LogP contribution in [0.3, 0.4) is 0 Å². The van der Waals surface area contributed by atoms with E-state index in [0.717, 1.165) is 48.9 Å². The lowest BCUT2D eigenvalue weighted by Gasteiger charge is -2.41. The number of hydrogen-bond donors (Lipinski definition) is 2. The molecule has 38 heavy (non-hydrogen) atoms. The molecule has 1 aromatic heterocycles. The second-order valence-electron chi connectivity index (χ2n) is 11.2. The van der Waals surface area contributed by atoms with Crippen molar-refractivity contribution < 1.29 is 18.0 Å². The van der Waals surface area contributed by atoms with Gasteiger partial charge in [0.2, 0.25) is 15.9 Å². The molecule has 9 heteroatoms. The Balaban J connectivity index is 1.12. The van der Waals surface area contributed by atoms with Crippen molar-refractivity contribution in [1.29, 1.82) is 0 Å². The average molecular weight is 533 g/mol. The molecule has 7 rings (SSSR count). The highest BCUT2D eigenvalue weighted by Gasteiger charge is 2.52. The van der Waals surface area contributed by atoms with Gasteiger partial charge in [-0.05, 0) is 61.8 Å². The van der Waals surface area contributed by atoms with Gasteiger partial charge >= 0.3 is 0 Å². The summed E-state index contributed by atoms with van der Waals surface area (Å²) in [7, 11) is -3.75. The molecule has 1 amide bonds. The number of rotatable bonds is 7. The predicted molar refractivity (Wildman–Crippen MR) is 142 cm³/mol. The fourth-order valence-corrected chi connectivity index (χ4v) is 7.45. The van der Waals surface area contributed by atoms with Crippen molar-refractivity contribution in [3.63, 3.8) is 0 Å². The van der Waals surface area contributed by atoms with Crippen LogP contribution >= 0.6 is 0 Å². The van der Waals surface area contributed by atoms with E-state index in [-0.39, 0.29) is 22.3 Å². The zero-order valence-corrected chi connectivity index (χ0v) is 22.0. The number of primary sulfonamides is 1. The number of carbonyl (C=O) groups excluding carboxylic acids is 2. The maximum atomic E-state index is 13.9. The van der Waals surface area contributed by atoms with Gasteiger partial charge in [0.05, 0.1) is 29.2 Å². The summed E-state index contributed by atoms with van der Waals surface area (Å²) < 4.78 is 25.1. The molecule has 3 saturated carbocycles. The third-order valence-corrected chi connectivity index (χ3v) is 10.2. The van der Waals surface area contributed by atoms with Crippen LogP contribution in [0, 0.1) is 10.8 Å². The summed E-state index contributed by atoms with van der Waals surface area (Å²) >= 11 is 0. The molecule has 198 valence electrons. The molecule has 2 heterocycles. The first-order valence-electron chi connectivity index (χ1n) is 13.3. The highest BCUT2D eigenvalue weighted by molar-refractivity contribution is 7.89. The number of carbonyl (C=O) groups is 2. The molecule has 2 bridgehead atoms. The summed E-state index contributed by atoms with van der Waals surface area (Å²) in [4.78, 5) is 31.7. The second kappa shape index (κ2) is 9.17. The van der Waals surface area contributed by atoms with Gasteiger partial charge in [0.1, 0.15) is 5.78 Å². The van der Waals surface area contributed by atoms with Gasteiger partial charge in [0, 0.05) is 29.4 Å². The molecule has 0 spiro atoms. The average Bonchev–Trinajstić information content (AvgIpc) is 3.37. The number of hydrogen-bond acceptors (Lipinski definition) is 5. The van der Waals surface area contributed by atoms with Crippen molar-refractivity contribution in [3.8, 4) is 11.3 Å². The van der Waals surface area contributed by atoms with Crippen molar-refractivity contribution in [2.75, 3.05) is 0 Å². The maximum Gasteiger partial charge on any atom is 0.238 e. The first kappa shape index (κ1) is 25.0. The van der Waals surface area contributed by atoms with Crippen LogP contribution in [0.5, 0.6) is 0 Å². The quantitative estimate of drug-likeness (QED) is 0.474. The number of aromatic nitrogens is 2. The van der Waals surface area contributed by atoms with Gasteiger partial charge in [-0.3, -0.25) is 9.59 Å². The van der Waals surface area contributed by atoms with E-state index in [2.05, 4.69) is 27.0 Å². The molecule has 3 fully saturated rings. The van der Waals surface area contributed by atoms with E-state index in [0.29, 0.717) is 31.6 Å². The Morgan fingerprint density at radius 1 is 0.974 bits per heavy atom. The maximum absolute atomic E-state index is 13.9. The number of nitrogens with two attached hydrogens (primary N) is 1. The van der Waals surface area contributed by atoms with Crippen LogP contribution in [0.1, 0.15) is 68.5 Å². The van der Waals surface area contributed by atoms with Gasteiger partial charge in [-0.15, -0.1) is 0 Å². The van der Waals surface area contributed by atoms with E-state index < -0.39 is 15.4 Å². The molecule has 1 unspecified atom stereocenters. The van der Waals surface area contributed by atoms with Gasteiger partial charge in [-0.1, -0.05) is 42.8 Å². The Labute approximate surface area is 222 Å². The highest BCUT2D eigenvalue weighted by Crippen LogP contribution is 2.56. The first-order chi connectivity index (χ1) is 18.2. The number of amides is 1. The van der Waals surface area contributed by atoms with Crippen LogP contribution in [0.25, 0.3) is 11.3 Å². The van der Waals surface area contributed by atoms with E-state index in [9.17, 15) is 18.0 Å². The van der Waals surface area contributed by atoms with Crippen LogP contribution in [-0.2, 0) is 26.2 Å². The Kier molecular flexibility index (Phi) is 6.03. The molecule has 1 atom stereocenters. The lowest BCUT2D eigenvalue weighted by Crippen LogP contribution is -2.45. The molecule has 3 aliphatic carbocycles. The minimum Gasteiger partial charge on any atom is -0.352 e. The predicted octanol–water partition coefficient (Wildman–Crippen LogP) is 4.11. The number of nitrogens with zero attached hydrogens (tertiary/aromatic N) is 2. The van der Waals surface area contributed by atoms with Gasteiger partial charge in [-0.25, -0.2) is 18.5 Å². The number of benzene rings is 2. The van der Waals surface area contributed by atoms with Crippen LogP contribution < -0.4 is 10.5 Å². The second-order valence-corrected chi connectivity index (χ2v) is 12.8. The lowest BCUT2D eigenvalue weighted by molar-refractivity contribution is -0.139. The zero-order valence-electron chi connectivity index (χ0n) is 21.2. The Bertz CT molecular complexity index is 1500. The topological polar surface area (TPSA) is 124 Å². The van der Waals surface area contributed by atoms with E-state index in [1.807, 2.05) is 24.7 Å². The van der Waals surface area contributed by atoms with Crippen LogP contribution in [0.2, 0.25) is 0 Å². The van der Waals surface area contributed by atoms with E-state index >= 15 is 0 Å². The molecule has 4 aliphatic rings. The zero-order chi connectivity index (χ0) is 26.5. The van der Waals surface area contributed by atoms with Gasteiger partial charge in [-0.2, -0.15) is 0 Å². The van der Waals surface area contributed by atoms with E-state index in [1.165, 1.54) is 17.7 Å². The van der Waals surface area contributed by atoms with Crippen LogP contribution in [0.4, 0.5) is 0 Å². The van der Waals surface area contributed by atoms with Crippen LogP contribution in [0.15, 0.2) is 66.0 Å². The molecular weight excluding hydrogens is 500 g/mol. The minimum atomic E-state index is -3.75. The molecule has 1 aliphatic heterocycles. The van der Waals surface area contributed by atoms with Gasteiger partial charge < -0.3 is 9.88 Å². The number of nitrogens with one attached hydrogen (secondary N) is 1. The van der Waals surface area contributed by atoms with Crippen molar-refractivity contribution in [2.45, 2.75) is 68.8 Å². The summed E-state index contributed by atoms with van der Waals surface area (Å²) in [6.07, 6.45) is 9.55. The Hall–Kier alpha value is -3.30. The number of Topliss-reactive ketones (excluding diaryl/α,β-unsaturated/α-hetero) is 1. The molecule has 2 aromatic carbocycles. The summed E-state index contributed by atoms with van der Waals surface area (Å²) in [6.45, 7) is 0.323. The number of sulfonamides is 1. The fraction of sp³-hybridized carbons (Fsp3) is 0.414. The van der Waals surface area contributed by atoms with E-state index in [4.69, 9.17) is 5.14 Å². The van der Waals surface area contributed by atoms with E-state index in [1.54, 1.807) is 12.1 Å². The highest BCUT2D eigenvalue weighted by atomic mass is 32.2. The number of fused-ring (bicyclic) bond motifs is 7.